The molecule has 7 nitrogen and oxygen atoms in total. The number of aryl methyl sites for hydroxylation is 1. The molecule has 2 N–H and O–H groups in total. The van der Waals surface area contributed by atoms with E-state index in [1.54, 1.807) is 13.2 Å². The molecule has 3 aromatic heterocycles. The number of anilines is 1. The van der Waals surface area contributed by atoms with Gasteiger partial charge in [0.2, 0.25) is 0 Å². The third-order valence-electron chi connectivity index (χ3n) is 3.70. The Balaban J connectivity index is 1.58. The summed E-state index contributed by atoms with van der Waals surface area (Å²) in [6, 6.07) is 11.2. The maximum Gasteiger partial charge on any atom is 0.419 e. The molecule has 0 aliphatic rings. The minimum absolute atomic E-state index is 0.381. The van der Waals surface area contributed by atoms with Crippen molar-refractivity contribution in [1.29, 1.82) is 0 Å². The smallest absolute Gasteiger partial charge is 0.419 e. The summed E-state index contributed by atoms with van der Waals surface area (Å²) in [5, 5.41) is 10.00. The molecule has 23 heavy (non-hydrogen) atoms. The number of H-pyrrole nitrogens is 1. The van der Waals surface area contributed by atoms with Crippen LogP contribution in [0.25, 0.3) is 22.6 Å². The molecular weight excluding hydrogens is 296 g/mol. The van der Waals surface area contributed by atoms with Crippen LogP contribution < -0.4 is 11.1 Å². The van der Waals surface area contributed by atoms with Crippen molar-refractivity contribution in [2.45, 2.75) is 6.54 Å². The van der Waals surface area contributed by atoms with Crippen LogP contribution >= 0.6 is 0 Å². The lowest BCUT2D eigenvalue weighted by Crippen LogP contribution is -2.08. The number of benzene rings is 1. The molecule has 0 radical (unpaired) electrons. The van der Waals surface area contributed by atoms with Gasteiger partial charge in [0.05, 0.1) is 17.7 Å². The molecule has 4 aromatic rings. The third-order valence-corrected chi connectivity index (χ3v) is 3.70. The topological polar surface area (TPSA) is 89.0 Å². The molecule has 116 valence electrons. The second kappa shape index (κ2) is 5.20. The number of fused-ring (bicyclic) bond motifs is 1. The first-order chi connectivity index (χ1) is 11.2. The number of oxazole rings is 1. The van der Waals surface area contributed by atoms with Gasteiger partial charge in [-0.25, -0.2) is 4.79 Å². The second-order valence-electron chi connectivity index (χ2n) is 5.17. The van der Waals surface area contributed by atoms with Crippen LogP contribution in [0.2, 0.25) is 0 Å². The zero-order chi connectivity index (χ0) is 15.8. The predicted molar refractivity (Wildman–Crippen MR) is 85.1 cm³/mol. The Hall–Kier alpha value is -3.22. The summed E-state index contributed by atoms with van der Waals surface area (Å²) in [5.41, 5.74) is 2.87. The summed E-state index contributed by atoms with van der Waals surface area (Å²) < 4.78 is 12.5. The summed E-state index contributed by atoms with van der Waals surface area (Å²) in [6.45, 7) is 0.478. The number of rotatable bonds is 4. The summed E-state index contributed by atoms with van der Waals surface area (Å²) in [5.74, 6) is 1.11. The molecule has 7 heteroatoms. The van der Waals surface area contributed by atoms with E-state index in [0.29, 0.717) is 12.1 Å². The zero-order valence-electron chi connectivity index (χ0n) is 12.4. The van der Waals surface area contributed by atoms with Gasteiger partial charge in [-0.1, -0.05) is 6.07 Å². The quantitative estimate of drug-likeness (QED) is 0.605. The molecule has 0 aliphatic heterocycles. The minimum Gasteiger partial charge on any atom is -0.458 e. The van der Waals surface area contributed by atoms with Gasteiger partial charge in [-0.05, 0) is 30.3 Å². The minimum atomic E-state index is -0.381. The number of para-hydroxylation sites is 1. The average Bonchev–Trinajstić information content (AvgIpc) is 3.27. The molecule has 0 bridgehead atoms. The fourth-order valence-electron chi connectivity index (χ4n) is 2.48. The van der Waals surface area contributed by atoms with Crippen LogP contribution in [0, 0.1) is 0 Å². The average molecular weight is 310 g/mol. The van der Waals surface area contributed by atoms with E-state index in [-0.39, 0.29) is 5.76 Å². The monoisotopic (exact) mass is 310 g/mol. The first kappa shape index (κ1) is 13.4. The maximum atomic E-state index is 11.6. The predicted octanol–water partition coefficient (Wildman–Crippen LogP) is 2.73. The fourth-order valence-corrected chi connectivity index (χ4v) is 2.48. The van der Waals surface area contributed by atoms with Gasteiger partial charge in [0.15, 0.2) is 11.3 Å². The molecule has 3 heterocycles. The van der Waals surface area contributed by atoms with Gasteiger partial charge in [-0.3, -0.25) is 9.67 Å². The normalized spacial score (nSPS) is 11.2. The first-order valence-corrected chi connectivity index (χ1v) is 7.13. The van der Waals surface area contributed by atoms with Crippen molar-refractivity contribution in [1.82, 2.24) is 14.8 Å². The van der Waals surface area contributed by atoms with Gasteiger partial charge in [-0.2, -0.15) is 5.10 Å². The van der Waals surface area contributed by atoms with E-state index in [9.17, 15) is 4.79 Å². The summed E-state index contributed by atoms with van der Waals surface area (Å²) in [6.07, 6.45) is 1.67. The molecule has 0 amide bonds. The first-order valence-electron chi connectivity index (χ1n) is 7.13. The Labute approximate surface area is 130 Å². The second-order valence-corrected chi connectivity index (χ2v) is 5.17. The third kappa shape index (κ3) is 2.32. The van der Waals surface area contributed by atoms with Crippen molar-refractivity contribution in [3.05, 3.63) is 58.9 Å². The van der Waals surface area contributed by atoms with Crippen molar-refractivity contribution < 1.29 is 8.83 Å². The van der Waals surface area contributed by atoms with Crippen LogP contribution in [-0.2, 0) is 13.6 Å². The Bertz CT molecular complexity index is 1010. The highest BCUT2D eigenvalue weighted by Crippen LogP contribution is 2.24. The number of aromatic nitrogens is 3. The van der Waals surface area contributed by atoms with E-state index >= 15 is 0 Å². The van der Waals surface area contributed by atoms with E-state index in [1.165, 1.54) is 4.57 Å². The summed E-state index contributed by atoms with van der Waals surface area (Å²) in [7, 11) is 1.68. The Morgan fingerprint density at radius 1 is 1.22 bits per heavy atom. The number of hydrogen-bond acceptors (Lipinski definition) is 5. The van der Waals surface area contributed by atoms with Crippen LogP contribution in [0.3, 0.4) is 0 Å². The lowest BCUT2D eigenvalue weighted by Gasteiger charge is -2.04. The fraction of sp³-hybridized carbons (Fsp3) is 0.125. The van der Waals surface area contributed by atoms with Gasteiger partial charge in [0.1, 0.15) is 11.5 Å². The van der Waals surface area contributed by atoms with Crippen LogP contribution in [-0.4, -0.2) is 14.8 Å². The van der Waals surface area contributed by atoms with Crippen LogP contribution in [0.5, 0.6) is 0 Å². The van der Waals surface area contributed by atoms with E-state index in [4.69, 9.17) is 8.83 Å². The zero-order valence-corrected chi connectivity index (χ0v) is 12.4. The standard InChI is InChI=1S/C16H14N4O3/c1-20-13-4-2-3-12(15(13)23-16(20)21)17-9-10-5-6-14(22-10)11-7-8-18-19-11/h2-8,17H,9H2,1H3,(H,18,19). The Morgan fingerprint density at radius 3 is 2.96 bits per heavy atom. The van der Waals surface area contributed by atoms with Gasteiger partial charge in [0.25, 0.3) is 0 Å². The van der Waals surface area contributed by atoms with Gasteiger partial charge >= 0.3 is 5.76 Å². The number of hydrogen-bond donors (Lipinski definition) is 2. The molecule has 1 aromatic carbocycles. The van der Waals surface area contributed by atoms with E-state index in [1.807, 2.05) is 36.4 Å². The van der Waals surface area contributed by atoms with Crippen molar-refractivity contribution in [2.24, 2.45) is 7.05 Å². The highest BCUT2D eigenvalue weighted by molar-refractivity contribution is 5.86. The Kier molecular flexibility index (Phi) is 3.04. The number of aromatic amines is 1. The highest BCUT2D eigenvalue weighted by Gasteiger charge is 2.11. The number of nitrogens with one attached hydrogen (secondary N) is 2. The molecule has 0 saturated carbocycles. The molecule has 0 aliphatic carbocycles. The van der Waals surface area contributed by atoms with Crippen molar-refractivity contribution in [2.75, 3.05) is 5.32 Å². The van der Waals surface area contributed by atoms with Gasteiger partial charge < -0.3 is 14.2 Å². The molecular formula is C16H14N4O3. The molecule has 4 rings (SSSR count). The molecule has 0 atom stereocenters. The molecule has 0 spiro atoms. The molecule has 0 unspecified atom stereocenters. The van der Waals surface area contributed by atoms with E-state index < -0.39 is 0 Å². The Morgan fingerprint density at radius 2 is 2.13 bits per heavy atom. The van der Waals surface area contributed by atoms with Gasteiger partial charge in [0, 0.05) is 13.2 Å². The molecule has 0 saturated heterocycles. The largest absolute Gasteiger partial charge is 0.458 e. The van der Waals surface area contributed by atoms with Crippen molar-refractivity contribution >= 4 is 16.8 Å². The molecule has 0 fully saturated rings. The van der Waals surface area contributed by atoms with E-state index in [2.05, 4.69) is 15.5 Å². The summed E-state index contributed by atoms with van der Waals surface area (Å²) in [4.78, 5) is 11.6. The van der Waals surface area contributed by atoms with Crippen LogP contribution in [0.4, 0.5) is 5.69 Å². The summed E-state index contributed by atoms with van der Waals surface area (Å²) >= 11 is 0. The highest BCUT2D eigenvalue weighted by atomic mass is 16.4. The lowest BCUT2D eigenvalue weighted by atomic mass is 10.2. The lowest BCUT2D eigenvalue weighted by molar-refractivity contribution is 0.524. The van der Waals surface area contributed by atoms with E-state index in [0.717, 1.165) is 28.4 Å². The van der Waals surface area contributed by atoms with Crippen molar-refractivity contribution in [3.8, 4) is 11.5 Å². The van der Waals surface area contributed by atoms with Crippen LogP contribution in [0.1, 0.15) is 5.76 Å². The maximum absolute atomic E-state index is 11.6. The number of furan rings is 1. The van der Waals surface area contributed by atoms with Crippen LogP contribution in [0.15, 0.2) is 56.2 Å². The number of nitrogens with zero attached hydrogens (tertiary/aromatic N) is 2. The van der Waals surface area contributed by atoms with Gasteiger partial charge in [-0.15, -0.1) is 0 Å². The van der Waals surface area contributed by atoms with Crippen molar-refractivity contribution in [3.63, 3.8) is 0 Å². The SMILES string of the molecule is Cn1c(=O)oc2c(NCc3ccc(-c4ccn[nH]4)o3)cccc21.